The van der Waals surface area contributed by atoms with Crippen LogP contribution in [0, 0.1) is 0 Å². The van der Waals surface area contributed by atoms with Gasteiger partial charge in [-0.3, -0.25) is 4.79 Å². The van der Waals surface area contributed by atoms with Crippen LogP contribution in [0.1, 0.15) is 12.5 Å². The van der Waals surface area contributed by atoms with Crippen LogP contribution in [0.15, 0.2) is 36.4 Å². The zero-order chi connectivity index (χ0) is 11.5. The molecule has 0 aromatic heterocycles. The van der Waals surface area contributed by atoms with E-state index in [9.17, 15) is 4.79 Å². The van der Waals surface area contributed by atoms with Crippen molar-refractivity contribution >= 4 is 11.6 Å². The molecule has 1 aromatic rings. The Balaban J connectivity index is 2.37. The summed E-state index contributed by atoms with van der Waals surface area (Å²) in [4.78, 5) is 13.6. The normalized spacial score (nSPS) is 19.9. The molecule has 1 unspecified atom stereocenters. The van der Waals surface area contributed by atoms with Gasteiger partial charge in [0.15, 0.2) is 0 Å². The lowest BCUT2D eigenvalue weighted by Crippen LogP contribution is -2.45. The smallest absolute Gasteiger partial charge is 0.250 e. The number of rotatable bonds is 1. The van der Waals surface area contributed by atoms with Crippen LogP contribution >= 0.6 is 0 Å². The third-order valence-corrected chi connectivity index (χ3v) is 2.76. The van der Waals surface area contributed by atoms with Gasteiger partial charge in [-0.25, -0.2) is 0 Å². The van der Waals surface area contributed by atoms with Crippen molar-refractivity contribution in [3.8, 4) is 0 Å². The summed E-state index contributed by atoms with van der Waals surface area (Å²) in [6, 6.07) is 7.97. The fourth-order valence-electron chi connectivity index (χ4n) is 2.07. The molecule has 0 saturated carbocycles. The molecule has 0 aliphatic carbocycles. The molecule has 2 rings (SSSR count). The summed E-state index contributed by atoms with van der Waals surface area (Å²) in [6.45, 7) is 2.44. The number of para-hydroxylation sites is 1. The lowest BCUT2D eigenvalue weighted by Gasteiger charge is -2.32. The summed E-state index contributed by atoms with van der Waals surface area (Å²) in [5.41, 5.74) is 8.10. The van der Waals surface area contributed by atoms with Crippen LogP contribution in [0.2, 0.25) is 0 Å². The molecule has 0 spiro atoms. The van der Waals surface area contributed by atoms with E-state index in [4.69, 9.17) is 5.73 Å². The Hall–Kier alpha value is -1.61. The standard InChI is InChI=1S/C13H16N2O/c1-2-5-13(16)15-9-11(14)8-10-6-3-4-7-12(10)15/h2-7,11H,8-9,14H2,1H3. The summed E-state index contributed by atoms with van der Waals surface area (Å²) in [6.07, 6.45) is 4.18. The van der Waals surface area contributed by atoms with Crippen molar-refractivity contribution in [1.29, 1.82) is 0 Å². The average Bonchev–Trinajstić information content (AvgIpc) is 2.28. The second-order valence-electron chi connectivity index (χ2n) is 4.04. The zero-order valence-electron chi connectivity index (χ0n) is 9.39. The molecule has 1 atom stereocenters. The molecule has 0 saturated heterocycles. The number of carbonyl (C=O) groups is 1. The average molecular weight is 216 g/mol. The number of nitrogens with zero attached hydrogens (tertiary/aromatic N) is 1. The highest BCUT2D eigenvalue weighted by atomic mass is 16.2. The van der Waals surface area contributed by atoms with Crippen LogP contribution in [0.5, 0.6) is 0 Å². The van der Waals surface area contributed by atoms with Gasteiger partial charge in [-0.15, -0.1) is 0 Å². The fourth-order valence-corrected chi connectivity index (χ4v) is 2.07. The first kappa shape index (κ1) is 10.9. The molecule has 0 bridgehead atoms. The molecule has 3 nitrogen and oxygen atoms in total. The fraction of sp³-hybridized carbons (Fsp3) is 0.308. The Morgan fingerprint density at radius 1 is 1.50 bits per heavy atom. The number of fused-ring (bicyclic) bond motifs is 1. The van der Waals surface area contributed by atoms with Crippen LogP contribution in [0.4, 0.5) is 5.69 Å². The quantitative estimate of drug-likeness (QED) is 0.723. The van der Waals surface area contributed by atoms with E-state index in [1.165, 1.54) is 0 Å². The van der Waals surface area contributed by atoms with Gasteiger partial charge in [-0.1, -0.05) is 24.3 Å². The number of carbonyl (C=O) groups excluding carboxylic acids is 1. The van der Waals surface area contributed by atoms with E-state index in [0.29, 0.717) is 6.54 Å². The highest BCUT2D eigenvalue weighted by molar-refractivity contribution is 6.02. The molecule has 1 aliphatic rings. The van der Waals surface area contributed by atoms with Crippen molar-refractivity contribution in [3.63, 3.8) is 0 Å². The van der Waals surface area contributed by atoms with Gasteiger partial charge in [0, 0.05) is 18.3 Å². The molecular weight excluding hydrogens is 200 g/mol. The Kier molecular flexibility index (Phi) is 3.06. The van der Waals surface area contributed by atoms with Gasteiger partial charge in [0.2, 0.25) is 0 Å². The number of amides is 1. The van der Waals surface area contributed by atoms with Gasteiger partial charge >= 0.3 is 0 Å². The van der Waals surface area contributed by atoms with E-state index in [-0.39, 0.29) is 11.9 Å². The molecule has 3 heteroatoms. The monoisotopic (exact) mass is 216 g/mol. The Labute approximate surface area is 95.6 Å². The second-order valence-corrected chi connectivity index (χ2v) is 4.04. The van der Waals surface area contributed by atoms with Gasteiger partial charge in [-0.2, -0.15) is 0 Å². The molecule has 1 aliphatic heterocycles. The maximum Gasteiger partial charge on any atom is 0.250 e. The van der Waals surface area contributed by atoms with Crippen LogP contribution in [0.25, 0.3) is 0 Å². The molecule has 1 heterocycles. The summed E-state index contributed by atoms with van der Waals surface area (Å²) >= 11 is 0. The number of benzene rings is 1. The number of allylic oxidation sites excluding steroid dienone is 1. The predicted octanol–water partition coefficient (Wildman–Crippen LogP) is 1.48. The van der Waals surface area contributed by atoms with Crippen molar-refractivity contribution in [2.75, 3.05) is 11.4 Å². The van der Waals surface area contributed by atoms with Crippen molar-refractivity contribution < 1.29 is 4.79 Å². The van der Waals surface area contributed by atoms with Gasteiger partial charge in [-0.05, 0) is 31.1 Å². The molecule has 1 amide bonds. The van der Waals surface area contributed by atoms with Crippen molar-refractivity contribution in [2.24, 2.45) is 5.73 Å². The minimum atomic E-state index is 0.00472. The highest BCUT2D eigenvalue weighted by Gasteiger charge is 2.24. The zero-order valence-corrected chi connectivity index (χ0v) is 9.39. The van der Waals surface area contributed by atoms with Crippen LogP contribution in [-0.2, 0) is 11.2 Å². The third kappa shape index (κ3) is 1.99. The number of hydrogen-bond acceptors (Lipinski definition) is 2. The first-order valence-electron chi connectivity index (χ1n) is 5.50. The lowest BCUT2D eigenvalue weighted by molar-refractivity contribution is -0.114. The van der Waals surface area contributed by atoms with Crippen molar-refractivity contribution in [3.05, 3.63) is 42.0 Å². The predicted molar refractivity (Wildman–Crippen MR) is 65.3 cm³/mol. The van der Waals surface area contributed by atoms with Gasteiger partial charge < -0.3 is 10.6 Å². The van der Waals surface area contributed by atoms with E-state index in [0.717, 1.165) is 17.7 Å². The summed E-state index contributed by atoms with van der Waals surface area (Å²) in [7, 11) is 0. The molecule has 16 heavy (non-hydrogen) atoms. The van der Waals surface area contributed by atoms with Gasteiger partial charge in [0.25, 0.3) is 5.91 Å². The molecule has 0 radical (unpaired) electrons. The van der Waals surface area contributed by atoms with E-state index in [2.05, 4.69) is 0 Å². The summed E-state index contributed by atoms with van der Waals surface area (Å²) < 4.78 is 0. The van der Waals surface area contributed by atoms with Crippen LogP contribution in [0.3, 0.4) is 0 Å². The van der Waals surface area contributed by atoms with Crippen molar-refractivity contribution in [2.45, 2.75) is 19.4 Å². The number of anilines is 1. The van der Waals surface area contributed by atoms with Gasteiger partial charge in [0.05, 0.1) is 0 Å². The van der Waals surface area contributed by atoms with E-state index < -0.39 is 0 Å². The summed E-state index contributed by atoms with van der Waals surface area (Å²) in [5, 5.41) is 0. The van der Waals surface area contributed by atoms with Crippen molar-refractivity contribution in [1.82, 2.24) is 0 Å². The maximum atomic E-state index is 11.9. The Morgan fingerprint density at radius 3 is 3.00 bits per heavy atom. The third-order valence-electron chi connectivity index (χ3n) is 2.76. The van der Waals surface area contributed by atoms with E-state index in [1.54, 1.807) is 17.1 Å². The Morgan fingerprint density at radius 2 is 2.25 bits per heavy atom. The highest BCUT2D eigenvalue weighted by Crippen LogP contribution is 2.26. The number of nitrogens with two attached hydrogens (primary N) is 1. The molecule has 1 aromatic carbocycles. The second kappa shape index (κ2) is 4.49. The van der Waals surface area contributed by atoms with E-state index in [1.807, 2.05) is 31.2 Å². The molecule has 0 fully saturated rings. The lowest BCUT2D eigenvalue weighted by atomic mass is 9.98. The van der Waals surface area contributed by atoms with E-state index >= 15 is 0 Å². The first-order valence-corrected chi connectivity index (χ1v) is 5.50. The SMILES string of the molecule is CC=CC(=O)N1CC(N)Cc2ccccc21. The molecule has 2 N–H and O–H groups in total. The Bertz CT molecular complexity index is 426. The minimum Gasteiger partial charge on any atom is -0.326 e. The minimum absolute atomic E-state index is 0.00472. The number of hydrogen-bond donors (Lipinski definition) is 1. The topological polar surface area (TPSA) is 46.3 Å². The van der Waals surface area contributed by atoms with Gasteiger partial charge in [0.1, 0.15) is 0 Å². The van der Waals surface area contributed by atoms with Crippen LogP contribution in [-0.4, -0.2) is 18.5 Å². The first-order chi connectivity index (χ1) is 7.72. The van der Waals surface area contributed by atoms with Crippen LogP contribution < -0.4 is 10.6 Å². The maximum absolute atomic E-state index is 11.9. The largest absolute Gasteiger partial charge is 0.326 e. The molecule has 84 valence electrons. The molecular formula is C13H16N2O. The summed E-state index contributed by atoms with van der Waals surface area (Å²) in [5.74, 6) is 0.00472.